The van der Waals surface area contributed by atoms with E-state index in [0.29, 0.717) is 17.7 Å². The second-order valence-corrected chi connectivity index (χ2v) is 16.0. The lowest BCUT2D eigenvalue weighted by Gasteiger charge is -2.13. The van der Waals surface area contributed by atoms with E-state index in [-0.39, 0.29) is 0 Å². The van der Waals surface area contributed by atoms with Crippen molar-refractivity contribution >= 4 is 65.6 Å². The Bertz CT molecular complexity index is 3860. The second-order valence-electron chi connectivity index (χ2n) is 16.0. The van der Waals surface area contributed by atoms with Crippen LogP contribution in [0.5, 0.6) is 0 Å². The van der Waals surface area contributed by atoms with Gasteiger partial charge in [-0.1, -0.05) is 164 Å². The fraction of sp³-hybridized carbons (Fsp3) is 0. The third-order valence-electron chi connectivity index (χ3n) is 12.4. The molecule has 13 rings (SSSR count). The van der Waals surface area contributed by atoms with E-state index in [1.165, 1.54) is 0 Å². The minimum absolute atomic E-state index is 0.548. The summed E-state index contributed by atoms with van der Waals surface area (Å²) in [4.78, 5) is 16.0. The van der Waals surface area contributed by atoms with Crippen LogP contribution in [-0.2, 0) is 0 Å². The largest absolute Gasteiger partial charge is 0.456 e. The van der Waals surface area contributed by atoms with E-state index >= 15 is 0 Å². The summed E-state index contributed by atoms with van der Waals surface area (Å²) in [6, 6.07) is 74.5. The molecule has 9 aromatic carbocycles. The van der Waals surface area contributed by atoms with Crippen molar-refractivity contribution in [3.05, 3.63) is 212 Å². The van der Waals surface area contributed by atoms with Crippen molar-refractivity contribution in [2.24, 2.45) is 0 Å². The lowest BCUT2D eigenvalue weighted by Crippen LogP contribution is -2.10. The molecule has 294 valence electrons. The van der Waals surface area contributed by atoms with Gasteiger partial charge in [0.2, 0.25) is 11.9 Å². The molecule has 0 aliphatic heterocycles. The number of benzene rings is 9. The summed E-state index contributed by atoms with van der Waals surface area (Å²) in [5, 5.41) is 6.81. The molecule has 0 aliphatic rings. The number of rotatable bonds is 6. The van der Waals surface area contributed by atoms with Crippen LogP contribution in [0.1, 0.15) is 0 Å². The highest BCUT2D eigenvalue weighted by Gasteiger charge is 2.21. The molecule has 0 atom stereocenters. The molecule has 0 saturated carbocycles. The molecule has 63 heavy (non-hydrogen) atoms. The van der Waals surface area contributed by atoms with E-state index in [1.807, 2.05) is 12.1 Å². The van der Waals surface area contributed by atoms with Crippen molar-refractivity contribution in [3.63, 3.8) is 0 Å². The minimum Gasteiger partial charge on any atom is -0.456 e. The van der Waals surface area contributed by atoms with Gasteiger partial charge in [0, 0.05) is 37.9 Å². The van der Waals surface area contributed by atoms with E-state index < -0.39 is 0 Å². The molecular formula is C57H35N5O. The molecule has 0 spiro atoms. The first-order valence-corrected chi connectivity index (χ1v) is 21.2. The molecule has 0 saturated heterocycles. The predicted molar refractivity (Wildman–Crippen MR) is 258 cm³/mol. The quantitative estimate of drug-likeness (QED) is 0.168. The van der Waals surface area contributed by atoms with E-state index in [4.69, 9.17) is 19.4 Å². The molecule has 4 aromatic heterocycles. The Morgan fingerprint density at radius 2 is 0.698 bits per heavy atom. The van der Waals surface area contributed by atoms with Crippen molar-refractivity contribution in [3.8, 4) is 56.7 Å². The third-order valence-corrected chi connectivity index (χ3v) is 12.4. The number of nitrogens with zero attached hydrogens (tertiary/aromatic N) is 5. The molecule has 6 nitrogen and oxygen atoms in total. The summed E-state index contributed by atoms with van der Waals surface area (Å²) in [5.74, 6) is 1.68. The maximum absolute atomic E-state index is 6.24. The van der Waals surface area contributed by atoms with Gasteiger partial charge < -0.3 is 4.42 Å². The topological polar surface area (TPSA) is 61.7 Å². The predicted octanol–water partition coefficient (Wildman–Crippen LogP) is 14.6. The monoisotopic (exact) mass is 805 g/mol. The molecule has 0 aliphatic carbocycles. The molecule has 6 heteroatoms. The molecule has 0 fully saturated rings. The van der Waals surface area contributed by atoms with Crippen LogP contribution in [0.2, 0.25) is 0 Å². The Balaban J connectivity index is 0.973. The van der Waals surface area contributed by atoms with Crippen LogP contribution in [0.3, 0.4) is 0 Å². The number of para-hydroxylation sites is 4. The van der Waals surface area contributed by atoms with Gasteiger partial charge in [-0.05, 0) is 81.9 Å². The zero-order valence-corrected chi connectivity index (χ0v) is 33.9. The SMILES string of the molecule is c1ccc(-c2ccc3c4ccccc4n(-c4nc(-c5ccc(-c6cccc(-c7ccc8c(c7)oc7ccccc78)c6)cc5)nc(-n5c6ccccc6c6ccccc65)n4)c3c2)cc1. The lowest BCUT2D eigenvalue weighted by atomic mass is 9.97. The zero-order chi connectivity index (χ0) is 41.4. The van der Waals surface area contributed by atoms with Crippen molar-refractivity contribution in [2.75, 3.05) is 0 Å². The molecule has 0 amide bonds. The number of furan rings is 1. The Hall–Kier alpha value is -8.61. The number of hydrogen-bond donors (Lipinski definition) is 0. The molecule has 0 bridgehead atoms. The number of hydrogen-bond acceptors (Lipinski definition) is 4. The van der Waals surface area contributed by atoms with E-state index in [9.17, 15) is 0 Å². The fourth-order valence-corrected chi connectivity index (χ4v) is 9.41. The summed E-state index contributed by atoms with van der Waals surface area (Å²) in [7, 11) is 0. The maximum atomic E-state index is 6.24. The number of aromatic nitrogens is 5. The summed E-state index contributed by atoms with van der Waals surface area (Å²) >= 11 is 0. The highest BCUT2D eigenvalue weighted by molar-refractivity contribution is 6.11. The Kier molecular flexibility index (Phi) is 7.80. The molecule has 0 unspecified atom stereocenters. The van der Waals surface area contributed by atoms with Crippen LogP contribution in [-0.4, -0.2) is 24.1 Å². The van der Waals surface area contributed by atoms with Crippen LogP contribution in [0.15, 0.2) is 217 Å². The Morgan fingerprint density at radius 3 is 1.37 bits per heavy atom. The molecular weight excluding hydrogens is 771 g/mol. The average Bonchev–Trinajstić information content (AvgIpc) is 4.01. The Labute approximate surface area is 361 Å². The van der Waals surface area contributed by atoms with Crippen LogP contribution in [0.25, 0.3) is 122 Å². The fourth-order valence-electron chi connectivity index (χ4n) is 9.41. The van der Waals surface area contributed by atoms with Crippen molar-refractivity contribution in [1.82, 2.24) is 24.1 Å². The molecule has 4 heterocycles. The zero-order valence-electron chi connectivity index (χ0n) is 33.9. The van der Waals surface area contributed by atoms with E-state index in [2.05, 4.69) is 209 Å². The van der Waals surface area contributed by atoms with Crippen LogP contribution >= 0.6 is 0 Å². The first kappa shape index (κ1) is 35.2. The van der Waals surface area contributed by atoms with Gasteiger partial charge in [0.1, 0.15) is 11.2 Å². The average molecular weight is 806 g/mol. The number of fused-ring (bicyclic) bond motifs is 9. The van der Waals surface area contributed by atoms with Crippen molar-refractivity contribution in [2.45, 2.75) is 0 Å². The summed E-state index contributed by atoms with van der Waals surface area (Å²) in [6.45, 7) is 0. The first-order valence-electron chi connectivity index (χ1n) is 21.2. The highest BCUT2D eigenvalue weighted by Crippen LogP contribution is 2.38. The van der Waals surface area contributed by atoms with Gasteiger partial charge >= 0.3 is 0 Å². The minimum atomic E-state index is 0.548. The molecule has 0 N–H and O–H groups in total. The van der Waals surface area contributed by atoms with E-state index in [1.54, 1.807) is 0 Å². The first-order chi connectivity index (χ1) is 31.2. The van der Waals surface area contributed by atoms with Gasteiger partial charge in [0.15, 0.2) is 5.82 Å². The van der Waals surface area contributed by atoms with Gasteiger partial charge in [0.05, 0.1) is 22.1 Å². The van der Waals surface area contributed by atoms with Gasteiger partial charge in [-0.2, -0.15) is 15.0 Å². The van der Waals surface area contributed by atoms with Crippen molar-refractivity contribution < 1.29 is 4.42 Å². The highest BCUT2D eigenvalue weighted by atomic mass is 16.3. The smallest absolute Gasteiger partial charge is 0.240 e. The van der Waals surface area contributed by atoms with Gasteiger partial charge in [-0.15, -0.1) is 0 Å². The van der Waals surface area contributed by atoms with Crippen LogP contribution in [0, 0.1) is 0 Å². The van der Waals surface area contributed by atoms with Gasteiger partial charge in [-0.25, -0.2) is 0 Å². The molecule has 0 radical (unpaired) electrons. The Morgan fingerprint density at radius 1 is 0.270 bits per heavy atom. The van der Waals surface area contributed by atoms with Crippen molar-refractivity contribution in [1.29, 1.82) is 0 Å². The van der Waals surface area contributed by atoms with Crippen LogP contribution < -0.4 is 0 Å². The lowest BCUT2D eigenvalue weighted by molar-refractivity contribution is 0.669. The van der Waals surface area contributed by atoms with Crippen LogP contribution in [0.4, 0.5) is 0 Å². The van der Waals surface area contributed by atoms with Gasteiger partial charge in [0.25, 0.3) is 0 Å². The summed E-state index contributed by atoms with van der Waals surface area (Å²) in [6.07, 6.45) is 0. The third kappa shape index (κ3) is 5.69. The van der Waals surface area contributed by atoms with Gasteiger partial charge in [-0.3, -0.25) is 9.13 Å². The second kappa shape index (κ2) is 14.0. The molecule has 13 aromatic rings. The summed E-state index contributed by atoms with van der Waals surface area (Å²) < 4.78 is 10.6. The standard InChI is InChI=1S/C57H35N5O/c1-2-13-36(14-3-1)41-29-31-46-45-19-6-10-23-51(45)62(52(46)34-41)57-59-55(58-56(60-57)61-49-21-8-4-17-43(49)44-18-5-9-22-50(44)61)38-27-25-37(26-28-38)39-15-12-16-40(33-39)42-30-32-48-47-20-7-11-24-53(47)63-54(48)35-42/h1-35H. The van der Waals surface area contributed by atoms with E-state index in [0.717, 1.165) is 104 Å². The maximum Gasteiger partial charge on any atom is 0.240 e. The summed E-state index contributed by atoms with van der Waals surface area (Å²) in [5.41, 5.74) is 13.5. The normalized spacial score (nSPS) is 11.8.